The van der Waals surface area contributed by atoms with Gasteiger partial charge < -0.3 is 4.57 Å². The first-order valence-corrected chi connectivity index (χ1v) is 13.2. The Morgan fingerprint density at radius 1 is 0.361 bits per heavy atom. The summed E-state index contributed by atoms with van der Waals surface area (Å²) in [5.74, 6) is 0. The molecule has 172 valence electrons. The van der Waals surface area contributed by atoms with Gasteiger partial charge in [0, 0.05) is 14.7 Å². The third-order valence-electron chi connectivity index (χ3n) is 6.48. The first-order chi connectivity index (χ1) is 17.8. The van der Waals surface area contributed by atoms with Crippen molar-refractivity contribution in [2.24, 2.45) is 0 Å². The highest BCUT2D eigenvalue weighted by molar-refractivity contribution is 14.1. The molecule has 0 aliphatic rings. The Kier molecular flexibility index (Phi) is 6.27. The molecule has 5 aromatic carbocycles. The fourth-order valence-corrected chi connectivity index (χ4v) is 5.59. The van der Waals surface area contributed by atoms with Gasteiger partial charge in [-0.05, 0) is 57.0 Å². The number of hydrogen-bond acceptors (Lipinski definition) is 0. The Bertz CT molecular complexity index is 1500. The molecular formula is C34H24IN. The fourth-order valence-electron chi connectivity index (χ4n) is 4.96. The van der Waals surface area contributed by atoms with Gasteiger partial charge in [-0.25, -0.2) is 0 Å². The molecule has 0 aliphatic heterocycles. The summed E-state index contributed by atoms with van der Waals surface area (Å²) in [5.41, 5.74) is 10.8. The summed E-state index contributed by atoms with van der Waals surface area (Å²) >= 11 is 2.47. The van der Waals surface area contributed by atoms with Crippen LogP contribution in [-0.2, 0) is 0 Å². The Morgan fingerprint density at radius 2 is 0.694 bits per heavy atom. The van der Waals surface area contributed by atoms with E-state index in [9.17, 15) is 0 Å². The second kappa shape index (κ2) is 10.00. The van der Waals surface area contributed by atoms with Crippen molar-refractivity contribution >= 4 is 22.6 Å². The van der Waals surface area contributed by atoms with E-state index in [1.165, 1.54) is 54.0 Å². The van der Waals surface area contributed by atoms with Crippen LogP contribution in [0.25, 0.3) is 50.5 Å². The van der Waals surface area contributed by atoms with Gasteiger partial charge >= 0.3 is 0 Å². The van der Waals surface area contributed by atoms with Gasteiger partial charge in [0.15, 0.2) is 0 Å². The maximum Gasteiger partial charge on any atom is 0.0620 e. The average molecular weight is 573 g/mol. The second-order valence-electron chi connectivity index (χ2n) is 8.70. The molecule has 6 aromatic rings. The quantitative estimate of drug-likeness (QED) is 0.181. The minimum absolute atomic E-state index is 1.18. The first kappa shape index (κ1) is 22.6. The molecule has 0 N–H and O–H groups in total. The van der Waals surface area contributed by atoms with Gasteiger partial charge in [0.05, 0.1) is 17.1 Å². The van der Waals surface area contributed by atoms with E-state index in [0.717, 1.165) is 0 Å². The number of nitrogens with zero attached hydrogens (tertiary/aromatic N) is 1. The van der Waals surface area contributed by atoms with Gasteiger partial charge in [0.25, 0.3) is 0 Å². The summed E-state index contributed by atoms with van der Waals surface area (Å²) in [6, 6.07) is 51.8. The summed E-state index contributed by atoms with van der Waals surface area (Å²) in [6.45, 7) is 0. The zero-order valence-corrected chi connectivity index (χ0v) is 21.8. The molecule has 36 heavy (non-hydrogen) atoms. The maximum absolute atomic E-state index is 2.47. The number of aromatic nitrogens is 1. The van der Waals surface area contributed by atoms with Crippen molar-refractivity contribution in [2.45, 2.75) is 0 Å². The number of halogens is 1. The molecule has 1 aromatic heterocycles. The topological polar surface area (TPSA) is 4.93 Å². The molecule has 0 amide bonds. The molecule has 0 unspecified atom stereocenters. The van der Waals surface area contributed by atoms with E-state index in [-0.39, 0.29) is 0 Å². The van der Waals surface area contributed by atoms with E-state index in [2.05, 4.69) is 173 Å². The molecular weight excluding hydrogens is 549 g/mol. The van der Waals surface area contributed by atoms with Crippen LogP contribution in [0.5, 0.6) is 0 Å². The first-order valence-electron chi connectivity index (χ1n) is 12.1. The molecule has 0 saturated carbocycles. The van der Waals surface area contributed by atoms with Gasteiger partial charge in [-0.1, -0.05) is 133 Å². The van der Waals surface area contributed by atoms with Crippen LogP contribution in [0.2, 0.25) is 0 Å². The molecule has 0 saturated heterocycles. The average Bonchev–Trinajstić information content (AvgIpc) is 3.31. The van der Waals surface area contributed by atoms with Crippen molar-refractivity contribution in [1.29, 1.82) is 0 Å². The molecule has 0 spiro atoms. The van der Waals surface area contributed by atoms with Crippen molar-refractivity contribution in [3.63, 3.8) is 0 Å². The van der Waals surface area contributed by atoms with E-state index in [0.29, 0.717) is 0 Å². The van der Waals surface area contributed by atoms with Crippen LogP contribution >= 0.6 is 22.6 Å². The third kappa shape index (κ3) is 4.08. The Hall–Kier alpha value is -3.89. The molecule has 1 heterocycles. The molecule has 0 atom stereocenters. The zero-order chi connectivity index (χ0) is 24.3. The van der Waals surface area contributed by atoms with Crippen molar-refractivity contribution in [2.75, 3.05) is 0 Å². The van der Waals surface area contributed by atoms with Gasteiger partial charge in [-0.15, -0.1) is 0 Å². The maximum atomic E-state index is 2.47. The molecule has 2 heteroatoms. The highest BCUT2D eigenvalue weighted by Crippen LogP contribution is 2.50. The summed E-state index contributed by atoms with van der Waals surface area (Å²) in [5, 5.41) is 0. The highest BCUT2D eigenvalue weighted by atomic mass is 127. The van der Waals surface area contributed by atoms with Gasteiger partial charge in [-0.2, -0.15) is 0 Å². The Balaban J connectivity index is 1.88. The fraction of sp³-hybridized carbons (Fsp3) is 0. The van der Waals surface area contributed by atoms with Crippen molar-refractivity contribution in [3.8, 4) is 50.5 Å². The molecule has 1 nitrogen and oxygen atoms in total. The van der Waals surface area contributed by atoms with Crippen LogP contribution in [0.1, 0.15) is 0 Å². The minimum atomic E-state index is 1.18. The van der Waals surface area contributed by atoms with E-state index in [1.807, 2.05) is 0 Å². The largest absolute Gasteiger partial charge is 0.307 e. The normalized spacial score (nSPS) is 10.9. The number of hydrogen-bond donors (Lipinski definition) is 0. The smallest absolute Gasteiger partial charge is 0.0620 e. The minimum Gasteiger partial charge on any atom is -0.307 e. The van der Waals surface area contributed by atoms with Crippen molar-refractivity contribution in [3.05, 3.63) is 149 Å². The van der Waals surface area contributed by atoms with Gasteiger partial charge in [-0.3, -0.25) is 0 Å². The number of para-hydroxylation sites is 1. The van der Waals surface area contributed by atoms with Crippen LogP contribution in [0.15, 0.2) is 146 Å². The van der Waals surface area contributed by atoms with Crippen LogP contribution in [0.4, 0.5) is 0 Å². The molecule has 0 fully saturated rings. The third-order valence-corrected chi connectivity index (χ3v) is 7.40. The van der Waals surface area contributed by atoms with Crippen LogP contribution in [-0.4, -0.2) is 4.57 Å². The lowest BCUT2D eigenvalue weighted by Crippen LogP contribution is -2.02. The van der Waals surface area contributed by atoms with Crippen LogP contribution in [0, 0.1) is 3.57 Å². The second-order valence-corrected chi connectivity index (χ2v) is 9.86. The molecule has 0 bridgehead atoms. The number of benzene rings is 5. The molecule has 0 aliphatic carbocycles. The predicted octanol–water partition coefficient (Wildman–Crippen LogP) is 9.75. The summed E-state index contributed by atoms with van der Waals surface area (Å²) in [7, 11) is 0. The van der Waals surface area contributed by atoms with E-state index >= 15 is 0 Å². The molecule has 0 radical (unpaired) electrons. The number of rotatable bonds is 5. The zero-order valence-electron chi connectivity index (χ0n) is 19.7. The highest BCUT2D eigenvalue weighted by Gasteiger charge is 2.28. The Morgan fingerprint density at radius 3 is 1.08 bits per heavy atom. The van der Waals surface area contributed by atoms with Crippen LogP contribution in [0.3, 0.4) is 0 Å². The van der Waals surface area contributed by atoms with Crippen molar-refractivity contribution in [1.82, 2.24) is 4.57 Å². The summed E-state index contributed by atoms with van der Waals surface area (Å²) < 4.78 is 3.68. The lowest BCUT2D eigenvalue weighted by atomic mass is 9.91. The standard InChI is InChI=1S/C34H24IN/c35-29-23-13-14-24-30(29)36-33(27-19-9-3-10-20-27)31(25-15-5-1-6-16-25)32(26-17-7-2-8-18-26)34(36)28-21-11-4-12-22-28/h1-24H. The monoisotopic (exact) mass is 573 g/mol. The SMILES string of the molecule is Ic1ccccc1-n1c(-c2ccccc2)c(-c2ccccc2)c(-c2ccccc2)c1-c1ccccc1. The van der Waals surface area contributed by atoms with E-state index in [4.69, 9.17) is 0 Å². The summed E-state index contributed by atoms with van der Waals surface area (Å²) in [6.07, 6.45) is 0. The van der Waals surface area contributed by atoms with Crippen LogP contribution < -0.4 is 0 Å². The molecule has 6 rings (SSSR count). The lowest BCUT2D eigenvalue weighted by molar-refractivity contribution is 1.09. The summed E-state index contributed by atoms with van der Waals surface area (Å²) in [4.78, 5) is 0. The van der Waals surface area contributed by atoms with Gasteiger partial charge in [0.1, 0.15) is 0 Å². The predicted molar refractivity (Wildman–Crippen MR) is 160 cm³/mol. The Labute approximate surface area is 225 Å². The van der Waals surface area contributed by atoms with Crippen molar-refractivity contribution < 1.29 is 0 Å². The van der Waals surface area contributed by atoms with E-state index < -0.39 is 0 Å². The van der Waals surface area contributed by atoms with E-state index in [1.54, 1.807) is 0 Å². The van der Waals surface area contributed by atoms with Gasteiger partial charge in [0.2, 0.25) is 0 Å². The lowest BCUT2D eigenvalue weighted by Gasteiger charge is -2.17.